The number of rotatable bonds is 10. The Morgan fingerprint density at radius 3 is 2.70 bits per heavy atom. The molecule has 2 heterocycles. The lowest BCUT2D eigenvalue weighted by molar-refractivity contribution is -0.139. The topological polar surface area (TPSA) is 97.1 Å². The lowest BCUT2D eigenvalue weighted by Crippen LogP contribution is -2.46. The fraction of sp³-hybridized carbons (Fsp3) is 0.476. The molecule has 9 nitrogen and oxygen atoms in total. The first-order valence-corrected chi connectivity index (χ1v) is 10.0. The smallest absolute Gasteiger partial charge is 0.249 e. The molecule has 1 aromatic heterocycles. The average Bonchev–Trinajstić information content (AvgIpc) is 3.17. The summed E-state index contributed by atoms with van der Waals surface area (Å²) in [6.07, 6.45) is 0. The number of ether oxygens (including phenoxy) is 2. The molecule has 1 aromatic carbocycles. The van der Waals surface area contributed by atoms with Crippen molar-refractivity contribution in [1.82, 2.24) is 15.0 Å². The fourth-order valence-corrected chi connectivity index (χ4v) is 3.08. The molecule has 0 radical (unpaired) electrons. The van der Waals surface area contributed by atoms with Crippen molar-refractivity contribution >= 4 is 17.6 Å². The van der Waals surface area contributed by atoms with Gasteiger partial charge in [0.1, 0.15) is 18.9 Å². The van der Waals surface area contributed by atoms with Gasteiger partial charge in [-0.05, 0) is 12.5 Å². The highest BCUT2D eigenvalue weighted by Gasteiger charge is 2.20. The highest BCUT2D eigenvalue weighted by atomic mass is 16.5. The first-order chi connectivity index (χ1) is 14.6. The summed E-state index contributed by atoms with van der Waals surface area (Å²) >= 11 is 0. The summed E-state index contributed by atoms with van der Waals surface area (Å²) in [7, 11) is 0. The molecule has 1 saturated heterocycles. The molecule has 1 fully saturated rings. The van der Waals surface area contributed by atoms with Gasteiger partial charge in [0.25, 0.3) is 0 Å². The lowest BCUT2D eigenvalue weighted by atomic mass is 10.2. The molecule has 0 saturated carbocycles. The summed E-state index contributed by atoms with van der Waals surface area (Å²) in [5, 5.41) is 6.41. The van der Waals surface area contributed by atoms with Gasteiger partial charge in [0, 0.05) is 32.2 Å². The maximum atomic E-state index is 12.7. The summed E-state index contributed by atoms with van der Waals surface area (Å²) in [4.78, 5) is 28.9. The van der Waals surface area contributed by atoms with Gasteiger partial charge in [0.15, 0.2) is 5.82 Å². The largest absolute Gasteiger partial charge is 0.379 e. The number of nitrogens with zero attached hydrogens (tertiary/aromatic N) is 3. The van der Waals surface area contributed by atoms with Crippen LogP contribution < -0.4 is 5.32 Å². The van der Waals surface area contributed by atoms with Gasteiger partial charge in [-0.2, -0.15) is 0 Å². The Hall–Kier alpha value is -2.75. The molecule has 0 aliphatic carbocycles. The van der Waals surface area contributed by atoms with Gasteiger partial charge in [-0.15, -0.1) is 0 Å². The number of morpholine rings is 1. The van der Waals surface area contributed by atoms with Crippen LogP contribution in [0.2, 0.25) is 0 Å². The Morgan fingerprint density at radius 2 is 2.00 bits per heavy atom. The van der Waals surface area contributed by atoms with Crippen molar-refractivity contribution in [3.63, 3.8) is 0 Å². The first-order valence-electron chi connectivity index (χ1n) is 10.0. The number of nitrogens with one attached hydrogen (secondary N) is 1. The predicted octanol–water partition coefficient (Wildman–Crippen LogP) is 1.30. The summed E-state index contributed by atoms with van der Waals surface area (Å²) in [5.41, 5.74) is 0.990. The molecule has 1 N–H and O–H groups in total. The molecule has 0 atom stereocenters. The van der Waals surface area contributed by atoms with Crippen LogP contribution in [0, 0.1) is 6.92 Å². The van der Waals surface area contributed by atoms with E-state index in [1.165, 1.54) is 4.90 Å². The van der Waals surface area contributed by atoms with E-state index in [1.54, 1.807) is 13.0 Å². The maximum Gasteiger partial charge on any atom is 0.249 e. The number of aromatic nitrogens is 1. The molecular weight excluding hydrogens is 388 g/mol. The molecule has 3 rings (SSSR count). The number of aryl methyl sites for hydroxylation is 1. The number of carbonyl (C=O) groups is 2. The highest BCUT2D eigenvalue weighted by molar-refractivity contribution is 5.93. The van der Waals surface area contributed by atoms with Crippen molar-refractivity contribution in [1.29, 1.82) is 0 Å². The lowest BCUT2D eigenvalue weighted by Gasteiger charge is -2.29. The Labute approximate surface area is 175 Å². The van der Waals surface area contributed by atoms with Crippen molar-refractivity contribution in [3.8, 4) is 0 Å². The zero-order chi connectivity index (χ0) is 21.2. The van der Waals surface area contributed by atoms with E-state index < -0.39 is 0 Å². The van der Waals surface area contributed by atoms with E-state index >= 15 is 0 Å². The molecule has 9 heteroatoms. The highest BCUT2D eigenvalue weighted by Crippen LogP contribution is 2.07. The van der Waals surface area contributed by atoms with Gasteiger partial charge in [-0.25, -0.2) is 0 Å². The number of carbonyl (C=O) groups excluding carboxylic acids is 2. The molecule has 0 bridgehead atoms. The van der Waals surface area contributed by atoms with Gasteiger partial charge in [0.05, 0.1) is 19.8 Å². The third kappa shape index (κ3) is 7.25. The Bertz CT molecular complexity index is 805. The second-order valence-electron chi connectivity index (χ2n) is 7.12. The van der Waals surface area contributed by atoms with Crippen LogP contribution in [0.25, 0.3) is 0 Å². The third-order valence-electron chi connectivity index (χ3n) is 4.71. The minimum Gasteiger partial charge on any atom is -0.379 e. The van der Waals surface area contributed by atoms with Crippen molar-refractivity contribution in [2.75, 3.05) is 57.9 Å². The summed E-state index contributed by atoms with van der Waals surface area (Å²) in [6.45, 7) is 6.01. The number of hydrogen-bond donors (Lipinski definition) is 1. The van der Waals surface area contributed by atoms with E-state index in [9.17, 15) is 9.59 Å². The fourth-order valence-electron chi connectivity index (χ4n) is 3.08. The van der Waals surface area contributed by atoms with Crippen LogP contribution in [0.1, 0.15) is 11.3 Å². The van der Waals surface area contributed by atoms with Crippen molar-refractivity contribution in [3.05, 3.63) is 47.7 Å². The van der Waals surface area contributed by atoms with E-state index in [0.29, 0.717) is 44.5 Å². The van der Waals surface area contributed by atoms with E-state index in [2.05, 4.69) is 15.4 Å². The normalized spacial score (nSPS) is 14.4. The molecule has 30 heavy (non-hydrogen) atoms. The molecule has 162 valence electrons. The summed E-state index contributed by atoms with van der Waals surface area (Å²) in [6, 6.07) is 11.3. The van der Waals surface area contributed by atoms with Crippen LogP contribution in [-0.2, 0) is 25.7 Å². The summed E-state index contributed by atoms with van der Waals surface area (Å²) < 4.78 is 15.9. The molecule has 0 unspecified atom stereocenters. The van der Waals surface area contributed by atoms with E-state index in [0.717, 1.165) is 18.7 Å². The number of amides is 2. The van der Waals surface area contributed by atoms with Gasteiger partial charge >= 0.3 is 0 Å². The van der Waals surface area contributed by atoms with Gasteiger partial charge in [-0.1, -0.05) is 35.5 Å². The molecule has 2 amide bonds. The Kier molecular flexibility index (Phi) is 8.37. The van der Waals surface area contributed by atoms with Crippen LogP contribution in [0.4, 0.5) is 5.82 Å². The number of anilines is 1. The molecule has 2 aromatic rings. The average molecular weight is 416 g/mol. The van der Waals surface area contributed by atoms with Gasteiger partial charge < -0.3 is 24.2 Å². The van der Waals surface area contributed by atoms with Crippen LogP contribution in [0.15, 0.2) is 40.9 Å². The van der Waals surface area contributed by atoms with E-state index in [1.807, 2.05) is 30.3 Å². The Balaban J connectivity index is 1.52. The molecule has 0 spiro atoms. The number of hydrogen-bond acceptors (Lipinski definition) is 7. The van der Waals surface area contributed by atoms with Crippen LogP contribution in [-0.4, -0.2) is 79.3 Å². The minimum absolute atomic E-state index is 0.0796. The first kappa shape index (κ1) is 21.9. The Morgan fingerprint density at radius 1 is 1.23 bits per heavy atom. The molecule has 1 aliphatic heterocycles. The number of benzene rings is 1. The van der Waals surface area contributed by atoms with Gasteiger partial charge in [-0.3, -0.25) is 14.5 Å². The van der Waals surface area contributed by atoms with Crippen LogP contribution in [0.3, 0.4) is 0 Å². The minimum atomic E-state index is -0.332. The van der Waals surface area contributed by atoms with E-state index in [4.69, 9.17) is 14.0 Å². The monoisotopic (exact) mass is 416 g/mol. The second-order valence-corrected chi connectivity index (χ2v) is 7.12. The third-order valence-corrected chi connectivity index (χ3v) is 4.71. The van der Waals surface area contributed by atoms with Crippen LogP contribution in [0.5, 0.6) is 0 Å². The quantitative estimate of drug-likeness (QED) is 0.623. The van der Waals surface area contributed by atoms with Crippen molar-refractivity contribution in [2.24, 2.45) is 0 Å². The van der Waals surface area contributed by atoms with Crippen LogP contribution >= 0.6 is 0 Å². The predicted molar refractivity (Wildman–Crippen MR) is 110 cm³/mol. The van der Waals surface area contributed by atoms with E-state index in [-0.39, 0.29) is 25.0 Å². The molecule has 1 aliphatic rings. The second kappa shape index (κ2) is 11.4. The zero-order valence-corrected chi connectivity index (χ0v) is 17.2. The standard InChI is InChI=1S/C21H28N4O5/c1-17-13-19(23-30-17)22-20(26)14-25(8-7-24-9-11-28-12-10-24)21(27)16-29-15-18-5-3-2-4-6-18/h2-6,13H,7-12,14-16H2,1H3,(H,22,23,26). The molecular formula is C21H28N4O5. The van der Waals surface area contributed by atoms with Gasteiger partial charge in [0.2, 0.25) is 11.8 Å². The summed E-state index contributed by atoms with van der Waals surface area (Å²) in [5.74, 6) is 0.366. The zero-order valence-electron chi connectivity index (χ0n) is 17.2. The SMILES string of the molecule is Cc1cc(NC(=O)CN(CCN2CCOCC2)C(=O)COCc2ccccc2)no1. The van der Waals surface area contributed by atoms with Crippen molar-refractivity contribution in [2.45, 2.75) is 13.5 Å². The maximum absolute atomic E-state index is 12.7. The van der Waals surface area contributed by atoms with Crippen molar-refractivity contribution < 1.29 is 23.6 Å².